The smallest absolute Gasteiger partial charge is 0.300 e. The lowest BCUT2D eigenvalue weighted by Crippen LogP contribution is -2.88. The average molecular weight is 387 g/mol. The van der Waals surface area contributed by atoms with Gasteiger partial charge in [-0.2, -0.15) is 0 Å². The summed E-state index contributed by atoms with van der Waals surface area (Å²) in [7, 11) is -2.33. The fourth-order valence-corrected chi connectivity index (χ4v) is 11.2. The molecule has 4 nitrogen and oxygen atoms in total. The van der Waals surface area contributed by atoms with E-state index in [2.05, 4.69) is 109 Å². The highest BCUT2D eigenvalue weighted by Crippen LogP contribution is 2.30. The van der Waals surface area contributed by atoms with Gasteiger partial charge in [0.15, 0.2) is 0 Å². The predicted octanol–water partition coefficient (Wildman–Crippen LogP) is 4.78. The number of rotatable bonds is 12. The van der Waals surface area contributed by atoms with Crippen LogP contribution in [0.15, 0.2) is 0 Å². The van der Waals surface area contributed by atoms with Crippen LogP contribution in [0.3, 0.4) is 0 Å². The van der Waals surface area contributed by atoms with Crippen molar-refractivity contribution in [2.75, 3.05) is 6.54 Å². The van der Waals surface area contributed by atoms with E-state index < -0.39 is 8.72 Å². The summed E-state index contributed by atoms with van der Waals surface area (Å²) in [6.07, 6.45) is 1.16. The van der Waals surface area contributed by atoms with Crippen LogP contribution in [0.2, 0.25) is 0 Å². The Hall–Kier alpha value is 0.0569. The minimum atomic E-state index is -2.33. The fourth-order valence-electron chi connectivity index (χ4n) is 4.92. The van der Waals surface area contributed by atoms with Crippen LogP contribution in [0, 0.1) is 0 Å². The van der Waals surface area contributed by atoms with Crippen molar-refractivity contribution < 1.29 is 0 Å². The molecule has 0 aromatic heterocycles. The monoisotopic (exact) mass is 386 g/mol. The Morgan fingerprint density at radius 2 is 0.769 bits per heavy atom. The van der Waals surface area contributed by atoms with Gasteiger partial charge in [0.05, 0.1) is 0 Å². The molecule has 0 aliphatic carbocycles. The van der Waals surface area contributed by atoms with Gasteiger partial charge in [-0.25, -0.2) is 0 Å². The van der Waals surface area contributed by atoms with Gasteiger partial charge in [-0.3, -0.25) is 13.7 Å². The van der Waals surface area contributed by atoms with Crippen LogP contribution in [0.5, 0.6) is 0 Å². The topological polar surface area (TPSA) is 21.8 Å². The maximum Gasteiger partial charge on any atom is 0.375 e. The van der Waals surface area contributed by atoms with Crippen LogP contribution in [-0.4, -0.2) is 65.2 Å². The highest BCUT2D eigenvalue weighted by molar-refractivity contribution is 6.69. The summed E-state index contributed by atoms with van der Waals surface area (Å²) in [5, 5.41) is 0. The van der Waals surface area contributed by atoms with E-state index in [-0.39, 0.29) is 0 Å². The normalized spacial score (nSPS) is 14.1. The molecule has 0 atom stereocenters. The second-order valence-electron chi connectivity index (χ2n) is 9.35. The lowest BCUT2D eigenvalue weighted by Gasteiger charge is -2.61. The standard InChI is InChI=1S/C21H50N4Si/c1-14-15-22-26(23(16(2)3)17(4)5,24(18(6)7)19(8)9)25(20(10)11)21(12)13/h16-22H,14-15H2,1-13H3. The van der Waals surface area contributed by atoms with Gasteiger partial charge < -0.3 is 4.98 Å². The summed E-state index contributed by atoms with van der Waals surface area (Å²) in [4.78, 5) is 4.19. The van der Waals surface area contributed by atoms with E-state index in [1.807, 2.05) is 0 Å². The number of nitrogens with one attached hydrogen (secondary N) is 1. The Morgan fingerprint density at radius 3 is 0.923 bits per heavy atom. The second kappa shape index (κ2) is 11.2. The molecule has 0 fully saturated rings. The predicted molar refractivity (Wildman–Crippen MR) is 120 cm³/mol. The Labute approximate surface area is 167 Å². The van der Waals surface area contributed by atoms with Crippen LogP contribution in [-0.2, 0) is 0 Å². The minimum absolute atomic E-state index is 0.492. The Bertz CT molecular complexity index is 306. The largest absolute Gasteiger partial charge is 0.375 e. The van der Waals surface area contributed by atoms with Crippen molar-refractivity contribution in [2.45, 2.75) is 133 Å². The average Bonchev–Trinajstić information content (AvgIpc) is 2.42. The molecule has 0 amide bonds. The van der Waals surface area contributed by atoms with Gasteiger partial charge in [-0.15, -0.1) is 0 Å². The Kier molecular flexibility index (Phi) is 11.2. The lowest BCUT2D eigenvalue weighted by atomic mass is 10.3. The molecule has 0 spiro atoms. The third kappa shape index (κ3) is 5.78. The molecule has 5 heteroatoms. The molecular weight excluding hydrogens is 336 g/mol. The molecule has 1 N–H and O–H groups in total. The van der Waals surface area contributed by atoms with E-state index in [1.165, 1.54) is 0 Å². The Balaban J connectivity index is 6.88. The van der Waals surface area contributed by atoms with E-state index in [0.717, 1.165) is 13.0 Å². The van der Waals surface area contributed by atoms with Crippen molar-refractivity contribution in [3.8, 4) is 0 Å². The summed E-state index contributed by atoms with van der Waals surface area (Å²) < 4.78 is 8.47. The zero-order valence-corrected chi connectivity index (χ0v) is 21.2. The maximum absolute atomic E-state index is 4.19. The fraction of sp³-hybridized carbons (Fsp3) is 1.00. The first-order valence-corrected chi connectivity index (χ1v) is 12.8. The molecule has 0 heterocycles. The van der Waals surface area contributed by atoms with Crippen molar-refractivity contribution in [1.82, 2.24) is 18.7 Å². The first-order chi connectivity index (χ1) is 11.9. The van der Waals surface area contributed by atoms with Gasteiger partial charge in [0, 0.05) is 36.3 Å². The maximum atomic E-state index is 4.19. The molecular formula is C21H50N4Si. The SMILES string of the molecule is CCCN[Si](N(C(C)C)C(C)C)(N(C(C)C)C(C)C)N(C(C)C)C(C)C. The summed E-state index contributed by atoms with van der Waals surface area (Å²) >= 11 is 0. The molecule has 0 aromatic carbocycles. The van der Waals surface area contributed by atoms with Crippen molar-refractivity contribution in [3.05, 3.63) is 0 Å². The first kappa shape index (κ1) is 26.1. The third-order valence-corrected chi connectivity index (χ3v) is 11.0. The molecule has 26 heavy (non-hydrogen) atoms. The number of nitrogens with zero attached hydrogens (tertiary/aromatic N) is 3. The van der Waals surface area contributed by atoms with Crippen molar-refractivity contribution in [2.24, 2.45) is 0 Å². The van der Waals surface area contributed by atoms with Crippen molar-refractivity contribution in [3.63, 3.8) is 0 Å². The summed E-state index contributed by atoms with van der Waals surface area (Å²) in [6, 6.07) is 2.95. The molecule has 0 aromatic rings. The van der Waals surface area contributed by atoms with Gasteiger partial charge in [-0.1, -0.05) is 90.0 Å². The summed E-state index contributed by atoms with van der Waals surface area (Å²) in [6.45, 7) is 31.8. The minimum Gasteiger partial charge on any atom is -0.300 e. The van der Waals surface area contributed by atoms with Gasteiger partial charge in [0.1, 0.15) is 0 Å². The first-order valence-electron chi connectivity index (χ1n) is 11.0. The van der Waals surface area contributed by atoms with E-state index in [9.17, 15) is 0 Å². The molecule has 158 valence electrons. The third-order valence-electron chi connectivity index (χ3n) is 5.03. The highest BCUT2D eigenvalue weighted by atomic mass is 28.4. The zero-order valence-electron chi connectivity index (χ0n) is 20.2. The van der Waals surface area contributed by atoms with Gasteiger partial charge in [0.25, 0.3) is 0 Å². The molecule has 0 radical (unpaired) electrons. The van der Waals surface area contributed by atoms with E-state index in [1.54, 1.807) is 0 Å². The van der Waals surface area contributed by atoms with Crippen molar-refractivity contribution >= 4 is 8.72 Å². The zero-order chi connectivity index (χ0) is 20.8. The highest BCUT2D eigenvalue weighted by Gasteiger charge is 2.56. The van der Waals surface area contributed by atoms with E-state index in [0.29, 0.717) is 36.3 Å². The van der Waals surface area contributed by atoms with Crippen molar-refractivity contribution in [1.29, 1.82) is 0 Å². The van der Waals surface area contributed by atoms with Crippen LogP contribution < -0.4 is 4.98 Å². The summed E-state index contributed by atoms with van der Waals surface area (Å²) in [5.74, 6) is 0. The van der Waals surface area contributed by atoms with E-state index >= 15 is 0 Å². The van der Waals surface area contributed by atoms with Gasteiger partial charge >= 0.3 is 8.72 Å². The molecule has 0 rings (SSSR count). The lowest BCUT2D eigenvalue weighted by molar-refractivity contribution is 0.117. The number of hydrogen-bond acceptors (Lipinski definition) is 4. The van der Waals surface area contributed by atoms with Gasteiger partial charge in [0.2, 0.25) is 0 Å². The Morgan fingerprint density at radius 1 is 0.538 bits per heavy atom. The summed E-state index contributed by atoms with van der Waals surface area (Å²) in [5.41, 5.74) is 0. The molecule has 0 bridgehead atoms. The van der Waals surface area contributed by atoms with Crippen LogP contribution in [0.25, 0.3) is 0 Å². The van der Waals surface area contributed by atoms with Crippen LogP contribution in [0.4, 0.5) is 0 Å². The molecule has 0 aliphatic rings. The molecule has 0 saturated carbocycles. The van der Waals surface area contributed by atoms with Crippen LogP contribution >= 0.6 is 0 Å². The number of hydrogen-bond donors (Lipinski definition) is 1. The molecule has 0 saturated heterocycles. The molecule has 0 aliphatic heterocycles. The second-order valence-corrected chi connectivity index (χ2v) is 12.5. The van der Waals surface area contributed by atoms with Gasteiger partial charge in [-0.05, 0) is 13.0 Å². The molecule has 0 unspecified atom stereocenters. The van der Waals surface area contributed by atoms with E-state index in [4.69, 9.17) is 0 Å². The quantitative estimate of drug-likeness (QED) is 0.487. The van der Waals surface area contributed by atoms with Crippen LogP contribution in [0.1, 0.15) is 96.4 Å².